The van der Waals surface area contributed by atoms with E-state index in [1.54, 1.807) is 4.52 Å². The lowest BCUT2D eigenvalue weighted by atomic mass is 9.93. The molecule has 0 unspecified atom stereocenters. The van der Waals surface area contributed by atoms with Gasteiger partial charge in [-0.3, -0.25) is 4.79 Å². The summed E-state index contributed by atoms with van der Waals surface area (Å²) in [7, 11) is 0. The summed E-state index contributed by atoms with van der Waals surface area (Å²) in [5, 5.41) is 16.7. The van der Waals surface area contributed by atoms with Crippen molar-refractivity contribution < 1.29 is 9.90 Å². The normalized spacial score (nSPS) is 17.4. The van der Waals surface area contributed by atoms with E-state index in [2.05, 4.69) is 20.4 Å². The second-order valence-corrected chi connectivity index (χ2v) is 5.44. The van der Waals surface area contributed by atoms with Crippen LogP contribution in [-0.4, -0.2) is 36.2 Å². The topological polar surface area (TPSA) is 92.4 Å². The monoisotopic (exact) mass is 275 g/mol. The molecule has 0 saturated heterocycles. The Balaban J connectivity index is 1.98. The summed E-state index contributed by atoms with van der Waals surface area (Å²) in [5.41, 5.74) is 0.440. The molecule has 7 nitrogen and oxygen atoms in total. The van der Waals surface area contributed by atoms with Crippen molar-refractivity contribution in [3.63, 3.8) is 0 Å². The van der Waals surface area contributed by atoms with Crippen LogP contribution in [0.25, 0.3) is 5.78 Å². The lowest BCUT2D eigenvalue weighted by molar-refractivity contribution is -0.138. The van der Waals surface area contributed by atoms with Gasteiger partial charge in [-0.1, -0.05) is 12.8 Å². The Morgan fingerprint density at radius 2 is 2.25 bits per heavy atom. The number of aromatic nitrogens is 4. The van der Waals surface area contributed by atoms with Gasteiger partial charge in [-0.05, 0) is 19.8 Å². The highest BCUT2D eigenvalue weighted by molar-refractivity contribution is 5.69. The van der Waals surface area contributed by atoms with Crippen LogP contribution in [0.2, 0.25) is 0 Å². The number of aliphatic carboxylic acids is 1. The van der Waals surface area contributed by atoms with Gasteiger partial charge in [0.2, 0.25) is 0 Å². The minimum Gasteiger partial charge on any atom is -0.481 e. The van der Waals surface area contributed by atoms with Crippen molar-refractivity contribution in [1.29, 1.82) is 0 Å². The standard InChI is InChI=1S/C13H17N5O2/c1-9-6-10(18-12(16-9)14-8-15-18)17-13(7-11(19)20)4-2-3-5-13/h6,8,17H,2-5,7H2,1H3,(H,19,20). The van der Waals surface area contributed by atoms with Crippen LogP contribution in [0.1, 0.15) is 37.8 Å². The number of rotatable bonds is 4. The first-order valence-corrected chi connectivity index (χ1v) is 6.75. The van der Waals surface area contributed by atoms with E-state index in [1.165, 1.54) is 6.33 Å². The Morgan fingerprint density at radius 1 is 1.50 bits per heavy atom. The fourth-order valence-corrected chi connectivity index (χ4v) is 2.98. The molecule has 1 aliphatic rings. The van der Waals surface area contributed by atoms with E-state index in [0.717, 1.165) is 37.2 Å². The molecule has 2 aromatic heterocycles. The van der Waals surface area contributed by atoms with E-state index in [4.69, 9.17) is 5.11 Å². The fraction of sp³-hybridized carbons (Fsp3) is 0.538. The molecule has 1 fully saturated rings. The number of carbonyl (C=O) groups is 1. The molecule has 2 heterocycles. The summed E-state index contributed by atoms with van der Waals surface area (Å²) in [6.45, 7) is 1.89. The van der Waals surface area contributed by atoms with Crippen LogP contribution in [-0.2, 0) is 4.79 Å². The van der Waals surface area contributed by atoms with Crippen molar-refractivity contribution in [1.82, 2.24) is 19.6 Å². The second-order valence-electron chi connectivity index (χ2n) is 5.44. The zero-order valence-electron chi connectivity index (χ0n) is 11.3. The van der Waals surface area contributed by atoms with Crippen LogP contribution in [0, 0.1) is 6.92 Å². The first-order valence-electron chi connectivity index (χ1n) is 6.75. The number of nitrogens with zero attached hydrogens (tertiary/aromatic N) is 4. The minimum absolute atomic E-state index is 0.116. The van der Waals surface area contributed by atoms with E-state index in [-0.39, 0.29) is 6.42 Å². The first-order chi connectivity index (χ1) is 9.58. The molecule has 0 bridgehead atoms. The number of aryl methyl sites for hydroxylation is 1. The van der Waals surface area contributed by atoms with E-state index in [1.807, 2.05) is 13.0 Å². The van der Waals surface area contributed by atoms with Crippen molar-refractivity contribution in [3.8, 4) is 0 Å². The fourth-order valence-electron chi connectivity index (χ4n) is 2.98. The molecule has 0 aromatic carbocycles. The number of fused-ring (bicyclic) bond motifs is 1. The Morgan fingerprint density at radius 3 is 2.95 bits per heavy atom. The molecule has 1 aliphatic carbocycles. The van der Waals surface area contributed by atoms with Crippen molar-refractivity contribution in [2.45, 2.75) is 44.6 Å². The van der Waals surface area contributed by atoms with Crippen molar-refractivity contribution in [2.24, 2.45) is 0 Å². The number of carboxylic acid groups (broad SMARTS) is 1. The van der Waals surface area contributed by atoms with Gasteiger partial charge in [-0.15, -0.1) is 0 Å². The number of nitrogens with one attached hydrogen (secondary N) is 1. The molecule has 0 aliphatic heterocycles. The number of hydrogen-bond acceptors (Lipinski definition) is 5. The van der Waals surface area contributed by atoms with Gasteiger partial charge in [-0.25, -0.2) is 4.98 Å². The summed E-state index contributed by atoms with van der Waals surface area (Å²) in [5.74, 6) is 0.504. The zero-order valence-corrected chi connectivity index (χ0v) is 11.3. The molecule has 1 saturated carbocycles. The number of carboxylic acids is 1. The van der Waals surface area contributed by atoms with Crippen LogP contribution < -0.4 is 5.32 Å². The molecule has 0 atom stereocenters. The summed E-state index contributed by atoms with van der Waals surface area (Å²) in [6.07, 6.45) is 5.37. The van der Waals surface area contributed by atoms with Gasteiger partial charge in [0.15, 0.2) is 0 Å². The summed E-state index contributed by atoms with van der Waals surface area (Å²) in [4.78, 5) is 19.5. The third-order valence-electron chi connectivity index (χ3n) is 3.82. The lowest BCUT2D eigenvalue weighted by Gasteiger charge is -2.29. The van der Waals surface area contributed by atoms with Gasteiger partial charge >= 0.3 is 5.97 Å². The molecule has 2 N–H and O–H groups in total. The Bertz CT molecular complexity index is 645. The number of anilines is 1. The maximum Gasteiger partial charge on any atom is 0.305 e. The molecule has 0 amide bonds. The van der Waals surface area contributed by atoms with Crippen LogP contribution in [0.4, 0.5) is 5.82 Å². The SMILES string of the molecule is Cc1cc(NC2(CC(=O)O)CCCC2)n2ncnc2n1. The maximum atomic E-state index is 11.1. The molecule has 0 radical (unpaired) electrons. The Labute approximate surface area is 116 Å². The van der Waals surface area contributed by atoms with E-state index in [0.29, 0.717) is 5.78 Å². The highest BCUT2D eigenvalue weighted by Crippen LogP contribution is 2.35. The second kappa shape index (κ2) is 4.73. The molecular formula is C13H17N5O2. The van der Waals surface area contributed by atoms with Gasteiger partial charge in [0.25, 0.3) is 5.78 Å². The average molecular weight is 275 g/mol. The van der Waals surface area contributed by atoms with Crippen LogP contribution in [0.5, 0.6) is 0 Å². The summed E-state index contributed by atoms with van der Waals surface area (Å²) >= 11 is 0. The van der Waals surface area contributed by atoms with E-state index < -0.39 is 11.5 Å². The van der Waals surface area contributed by atoms with Gasteiger partial charge in [0.05, 0.1) is 6.42 Å². The van der Waals surface area contributed by atoms with Crippen molar-refractivity contribution in [3.05, 3.63) is 18.1 Å². The molecule has 106 valence electrons. The van der Waals surface area contributed by atoms with Crippen LogP contribution in [0.15, 0.2) is 12.4 Å². The predicted octanol–water partition coefficient (Wildman–Crippen LogP) is 1.63. The predicted molar refractivity (Wildman–Crippen MR) is 72.6 cm³/mol. The van der Waals surface area contributed by atoms with E-state index >= 15 is 0 Å². The van der Waals surface area contributed by atoms with Gasteiger partial charge < -0.3 is 10.4 Å². The minimum atomic E-state index is -0.778. The molecule has 3 rings (SSSR count). The zero-order chi connectivity index (χ0) is 14.2. The van der Waals surface area contributed by atoms with Crippen molar-refractivity contribution in [2.75, 3.05) is 5.32 Å². The molecule has 7 heteroatoms. The van der Waals surface area contributed by atoms with Crippen LogP contribution >= 0.6 is 0 Å². The molecule has 2 aromatic rings. The summed E-state index contributed by atoms with van der Waals surface area (Å²) < 4.78 is 1.62. The smallest absolute Gasteiger partial charge is 0.305 e. The van der Waals surface area contributed by atoms with Crippen LogP contribution in [0.3, 0.4) is 0 Å². The van der Waals surface area contributed by atoms with E-state index in [9.17, 15) is 4.79 Å². The summed E-state index contributed by atoms with van der Waals surface area (Å²) in [6, 6.07) is 1.88. The highest BCUT2D eigenvalue weighted by Gasteiger charge is 2.36. The highest BCUT2D eigenvalue weighted by atomic mass is 16.4. The molecular weight excluding hydrogens is 258 g/mol. The molecule has 0 spiro atoms. The van der Waals surface area contributed by atoms with Gasteiger partial charge in [-0.2, -0.15) is 14.6 Å². The third kappa shape index (κ3) is 2.31. The average Bonchev–Trinajstić information content (AvgIpc) is 2.97. The lowest BCUT2D eigenvalue weighted by Crippen LogP contribution is -2.38. The third-order valence-corrected chi connectivity index (χ3v) is 3.82. The quantitative estimate of drug-likeness (QED) is 0.881. The molecule has 20 heavy (non-hydrogen) atoms. The van der Waals surface area contributed by atoms with Gasteiger partial charge in [0.1, 0.15) is 12.1 Å². The Kier molecular flexibility index (Phi) is 3.04. The first kappa shape index (κ1) is 12.8. The van der Waals surface area contributed by atoms with Crippen molar-refractivity contribution >= 4 is 17.6 Å². The van der Waals surface area contributed by atoms with Gasteiger partial charge in [0, 0.05) is 17.3 Å². The largest absolute Gasteiger partial charge is 0.481 e. The Hall–Kier alpha value is -2.18. The maximum absolute atomic E-state index is 11.1. The number of hydrogen-bond donors (Lipinski definition) is 2.